The van der Waals surface area contributed by atoms with Crippen LogP contribution in [0.5, 0.6) is 0 Å². The smallest absolute Gasteiger partial charge is 0.0659 e. The quantitative estimate of drug-likeness (QED) is 0.304. The van der Waals surface area contributed by atoms with E-state index in [0.717, 1.165) is 19.3 Å². The molecule has 19 heavy (non-hydrogen) atoms. The number of hydrogen-bond acceptors (Lipinski definition) is 1. The van der Waals surface area contributed by atoms with E-state index in [1.54, 1.807) is 0 Å². The lowest BCUT2D eigenvalue weighted by Gasteiger charge is -2.03. The topological polar surface area (TPSA) is 23.8 Å². The van der Waals surface area contributed by atoms with Crippen molar-refractivity contribution in [1.82, 2.24) is 0 Å². The Morgan fingerprint density at radius 3 is 2.16 bits per heavy atom. The van der Waals surface area contributed by atoms with Gasteiger partial charge in [-0.05, 0) is 38.5 Å². The van der Waals surface area contributed by atoms with Crippen LogP contribution in [0.2, 0.25) is 0 Å². The van der Waals surface area contributed by atoms with Gasteiger partial charge in [0.05, 0.1) is 12.0 Å². The highest BCUT2D eigenvalue weighted by Gasteiger charge is 2.02. The Morgan fingerprint density at radius 1 is 0.842 bits per heavy atom. The van der Waals surface area contributed by atoms with Gasteiger partial charge < -0.3 is 0 Å². The Kier molecular flexibility index (Phi) is 14.2. The van der Waals surface area contributed by atoms with Gasteiger partial charge in [-0.1, -0.05) is 63.8 Å². The van der Waals surface area contributed by atoms with Crippen LogP contribution in [-0.4, -0.2) is 0 Å². The number of nitrogens with zero attached hydrogens (tertiary/aromatic N) is 1. The van der Waals surface area contributed by atoms with Crippen molar-refractivity contribution in [3.8, 4) is 6.07 Å². The van der Waals surface area contributed by atoms with E-state index >= 15 is 0 Å². The molecule has 0 rings (SSSR count). The van der Waals surface area contributed by atoms with E-state index in [4.69, 9.17) is 5.26 Å². The summed E-state index contributed by atoms with van der Waals surface area (Å²) in [5, 5.41) is 9.10. The molecule has 1 atom stereocenters. The molecule has 0 radical (unpaired) electrons. The van der Waals surface area contributed by atoms with E-state index in [9.17, 15) is 0 Å². The van der Waals surface area contributed by atoms with Crippen molar-refractivity contribution in [1.29, 1.82) is 5.26 Å². The molecule has 0 saturated carbocycles. The van der Waals surface area contributed by atoms with Gasteiger partial charge in [-0.15, -0.1) is 0 Å². The summed E-state index contributed by atoms with van der Waals surface area (Å²) in [4.78, 5) is 0. The maximum Gasteiger partial charge on any atom is 0.0659 e. The summed E-state index contributed by atoms with van der Waals surface area (Å²) < 4.78 is 0. The highest BCUT2D eigenvalue weighted by atomic mass is 14.3. The monoisotopic (exact) mass is 261 g/mol. The van der Waals surface area contributed by atoms with Gasteiger partial charge >= 0.3 is 0 Å². The largest absolute Gasteiger partial charge is 0.198 e. The molecule has 0 aromatic carbocycles. The summed E-state index contributed by atoms with van der Waals surface area (Å²) in [6, 6.07) is 2.42. The highest BCUT2D eigenvalue weighted by Crippen LogP contribution is 2.12. The van der Waals surface area contributed by atoms with E-state index in [2.05, 4.69) is 44.2 Å². The Hall–Kier alpha value is -1.03. The number of hydrogen-bond donors (Lipinski definition) is 0. The Labute approximate surface area is 120 Å². The average Bonchev–Trinajstić information content (AvgIpc) is 2.44. The van der Waals surface area contributed by atoms with Crippen LogP contribution in [0.25, 0.3) is 0 Å². The lowest BCUT2D eigenvalue weighted by Crippen LogP contribution is -1.94. The van der Waals surface area contributed by atoms with Crippen molar-refractivity contribution >= 4 is 0 Å². The van der Waals surface area contributed by atoms with E-state index < -0.39 is 0 Å². The lowest BCUT2D eigenvalue weighted by atomic mass is 10.00. The van der Waals surface area contributed by atoms with Crippen LogP contribution < -0.4 is 0 Å². The third-order valence-electron chi connectivity index (χ3n) is 3.32. The minimum Gasteiger partial charge on any atom is -0.198 e. The molecule has 0 aromatic heterocycles. The summed E-state index contributed by atoms with van der Waals surface area (Å²) >= 11 is 0. The molecule has 0 fully saturated rings. The zero-order chi connectivity index (χ0) is 14.2. The summed E-state index contributed by atoms with van der Waals surface area (Å²) in [6.45, 7) is 4.44. The molecule has 0 amide bonds. The van der Waals surface area contributed by atoms with Gasteiger partial charge in [-0.2, -0.15) is 5.26 Å². The molecule has 0 N–H and O–H groups in total. The molecule has 0 aliphatic heterocycles. The van der Waals surface area contributed by atoms with Crippen LogP contribution in [0.4, 0.5) is 0 Å². The molecule has 0 spiro atoms. The van der Waals surface area contributed by atoms with Crippen molar-refractivity contribution < 1.29 is 0 Å². The van der Waals surface area contributed by atoms with Gasteiger partial charge in [0.1, 0.15) is 0 Å². The predicted octanol–water partition coefficient (Wildman–Crippen LogP) is 6.18. The molecule has 1 unspecified atom stereocenters. The molecule has 0 heterocycles. The Balaban J connectivity index is 3.60. The van der Waals surface area contributed by atoms with Crippen LogP contribution in [0.1, 0.15) is 78.1 Å². The van der Waals surface area contributed by atoms with E-state index in [1.165, 1.54) is 44.9 Å². The standard InChI is InChI=1S/C18H31N/c1-3-5-7-9-11-13-15-18(17-19)16-14-12-10-8-6-4-2/h9,11-12,14,18H,3-8,10,13,15-16H2,1-2H3/b11-9+,14-12+. The van der Waals surface area contributed by atoms with Crippen LogP contribution in [-0.2, 0) is 0 Å². The fourth-order valence-corrected chi connectivity index (χ4v) is 1.98. The van der Waals surface area contributed by atoms with Gasteiger partial charge in [0.25, 0.3) is 0 Å². The molecule has 0 bridgehead atoms. The number of nitriles is 1. The van der Waals surface area contributed by atoms with E-state index in [1.807, 2.05) is 0 Å². The minimum absolute atomic E-state index is 0.193. The SMILES string of the molecule is CCCC/C=C/CCC(C#N)C/C=C/CCCCC. The molecule has 1 nitrogen and oxygen atoms in total. The molecular formula is C18H31N. The van der Waals surface area contributed by atoms with Crippen molar-refractivity contribution in [2.24, 2.45) is 5.92 Å². The van der Waals surface area contributed by atoms with Crippen LogP contribution in [0, 0.1) is 17.2 Å². The van der Waals surface area contributed by atoms with Crippen LogP contribution in [0.15, 0.2) is 24.3 Å². The van der Waals surface area contributed by atoms with Crippen LogP contribution in [0.3, 0.4) is 0 Å². The predicted molar refractivity (Wildman–Crippen MR) is 84.9 cm³/mol. The minimum atomic E-state index is 0.193. The van der Waals surface area contributed by atoms with Gasteiger partial charge in [-0.3, -0.25) is 0 Å². The molecule has 0 saturated heterocycles. The summed E-state index contributed by atoms with van der Waals surface area (Å²) in [5.41, 5.74) is 0. The second kappa shape index (κ2) is 15.0. The van der Waals surface area contributed by atoms with Gasteiger partial charge in [0, 0.05) is 0 Å². The summed E-state index contributed by atoms with van der Waals surface area (Å²) in [7, 11) is 0. The maximum absolute atomic E-state index is 9.10. The third kappa shape index (κ3) is 13.2. The van der Waals surface area contributed by atoms with Crippen LogP contribution >= 0.6 is 0 Å². The first-order valence-electron chi connectivity index (χ1n) is 8.04. The molecule has 0 aliphatic rings. The second-order valence-electron chi connectivity index (χ2n) is 5.22. The van der Waals surface area contributed by atoms with Crippen molar-refractivity contribution in [3.05, 3.63) is 24.3 Å². The van der Waals surface area contributed by atoms with E-state index in [0.29, 0.717) is 0 Å². The van der Waals surface area contributed by atoms with Crippen molar-refractivity contribution in [2.75, 3.05) is 0 Å². The fraction of sp³-hybridized carbons (Fsp3) is 0.722. The van der Waals surface area contributed by atoms with Gasteiger partial charge in [0.15, 0.2) is 0 Å². The van der Waals surface area contributed by atoms with Crippen molar-refractivity contribution in [2.45, 2.75) is 78.1 Å². The number of rotatable bonds is 12. The van der Waals surface area contributed by atoms with Gasteiger partial charge in [0.2, 0.25) is 0 Å². The number of unbranched alkanes of at least 4 members (excludes halogenated alkanes) is 5. The fourth-order valence-electron chi connectivity index (χ4n) is 1.98. The first-order chi connectivity index (χ1) is 9.35. The molecular weight excluding hydrogens is 230 g/mol. The normalized spacial score (nSPS) is 13.1. The Bertz CT molecular complexity index is 270. The molecule has 108 valence electrons. The molecule has 0 aliphatic carbocycles. The molecule has 0 aromatic rings. The average molecular weight is 261 g/mol. The third-order valence-corrected chi connectivity index (χ3v) is 3.32. The zero-order valence-corrected chi connectivity index (χ0v) is 12.9. The van der Waals surface area contributed by atoms with Crippen molar-refractivity contribution in [3.63, 3.8) is 0 Å². The summed E-state index contributed by atoms with van der Waals surface area (Å²) in [5.74, 6) is 0.193. The lowest BCUT2D eigenvalue weighted by molar-refractivity contribution is 0.617. The first-order valence-corrected chi connectivity index (χ1v) is 8.04. The first kappa shape index (κ1) is 18.0. The molecule has 1 heteroatoms. The maximum atomic E-state index is 9.10. The number of allylic oxidation sites excluding steroid dienone is 4. The Morgan fingerprint density at radius 2 is 1.47 bits per heavy atom. The summed E-state index contributed by atoms with van der Waals surface area (Å²) in [6.07, 6.45) is 20.7. The highest BCUT2D eigenvalue weighted by molar-refractivity contribution is 4.93. The zero-order valence-electron chi connectivity index (χ0n) is 12.9. The van der Waals surface area contributed by atoms with Gasteiger partial charge in [-0.25, -0.2) is 0 Å². The second-order valence-corrected chi connectivity index (χ2v) is 5.22. The van der Waals surface area contributed by atoms with E-state index in [-0.39, 0.29) is 5.92 Å².